The maximum Gasteiger partial charge on any atom is 0.391 e. The molecular formula is C13H14F3N5. The third-order valence-corrected chi connectivity index (χ3v) is 3.87. The summed E-state index contributed by atoms with van der Waals surface area (Å²) < 4.78 is 37.4. The average Bonchev–Trinajstić information content (AvgIpc) is 2.78. The molecule has 1 heterocycles. The minimum atomic E-state index is -4.13. The molecule has 0 radical (unpaired) electrons. The fourth-order valence-electron chi connectivity index (χ4n) is 2.32. The van der Waals surface area contributed by atoms with Crippen LogP contribution in [0.3, 0.4) is 0 Å². The first-order valence-corrected chi connectivity index (χ1v) is 6.57. The molecule has 1 aliphatic rings. The highest BCUT2D eigenvalue weighted by Crippen LogP contribution is 2.46. The number of nitrogen functional groups attached to an aromatic ring is 1. The van der Waals surface area contributed by atoms with Crippen molar-refractivity contribution in [1.82, 2.24) is 20.2 Å². The van der Waals surface area contributed by atoms with Gasteiger partial charge in [0, 0.05) is 11.3 Å². The molecule has 1 saturated carbocycles. The minimum Gasteiger partial charge on any atom is -0.398 e. The number of nitrogens with zero attached hydrogens (tertiary/aromatic N) is 4. The molecule has 1 aromatic heterocycles. The van der Waals surface area contributed by atoms with E-state index in [1.807, 2.05) is 19.1 Å². The largest absolute Gasteiger partial charge is 0.398 e. The van der Waals surface area contributed by atoms with Crippen molar-refractivity contribution >= 4 is 5.69 Å². The summed E-state index contributed by atoms with van der Waals surface area (Å²) in [6.07, 6.45) is -4.12. The molecule has 0 aliphatic heterocycles. The molecule has 5 nitrogen and oxygen atoms in total. The van der Waals surface area contributed by atoms with Crippen LogP contribution in [0.25, 0.3) is 11.4 Å². The summed E-state index contributed by atoms with van der Waals surface area (Å²) in [4.78, 5) is 1.27. The summed E-state index contributed by atoms with van der Waals surface area (Å²) in [6.45, 7) is 1.88. The maximum absolute atomic E-state index is 12.5. The lowest BCUT2D eigenvalue weighted by molar-refractivity contribution is -0.203. The number of alkyl halides is 3. The van der Waals surface area contributed by atoms with Gasteiger partial charge in [0.05, 0.1) is 12.0 Å². The van der Waals surface area contributed by atoms with Crippen molar-refractivity contribution < 1.29 is 13.2 Å². The molecule has 0 unspecified atom stereocenters. The highest BCUT2D eigenvalue weighted by atomic mass is 19.4. The van der Waals surface area contributed by atoms with Crippen LogP contribution in [0.4, 0.5) is 18.9 Å². The van der Waals surface area contributed by atoms with Gasteiger partial charge in [0.15, 0.2) is 0 Å². The van der Waals surface area contributed by atoms with Crippen LogP contribution in [0.2, 0.25) is 0 Å². The Morgan fingerprint density at radius 3 is 2.62 bits per heavy atom. The second-order valence-corrected chi connectivity index (χ2v) is 5.37. The Labute approximate surface area is 118 Å². The molecule has 0 atom stereocenters. The molecule has 112 valence electrons. The van der Waals surface area contributed by atoms with Crippen LogP contribution in [0, 0.1) is 12.8 Å². The van der Waals surface area contributed by atoms with Gasteiger partial charge in [-0.3, -0.25) is 0 Å². The zero-order valence-corrected chi connectivity index (χ0v) is 11.3. The Morgan fingerprint density at radius 1 is 1.29 bits per heavy atom. The summed E-state index contributed by atoms with van der Waals surface area (Å²) in [5.41, 5.74) is 8.08. The molecule has 1 fully saturated rings. The van der Waals surface area contributed by atoms with Crippen LogP contribution < -0.4 is 5.73 Å². The zero-order valence-electron chi connectivity index (χ0n) is 11.3. The van der Waals surface area contributed by atoms with Crippen molar-refractivity contribution in [3.8, 4) is 11.4 Å². The van der Waals surface area contributed by atoms with Gasteiger partial charge in [-0.2, -0.15) is 18.0 Å². The van der Waals surface area contributed by atoms with Crippen LogP contribution in [-0.2, 0) is 0 Å². The smallest absolute Gasteiger partial charge is 0.391 e. The third-order valence-electron chi connectivity index (χ3n) is 3.87. The third kappa shape index (κ3) is 2.57. The Kier molecular flexibility index (Phi) is 3.11. The lowest BCUT2D eigenvalue weighted by Gasteiger charge is -2.35. The van der Waals surface area contributed by atoms with Gasteiger partial charge in [-0.25, -0.2) is 0 Å². The second kappa shape index (κ2) is 4.71. The molecule has 0 saturated heterocycles. The Bertz CT molecular complexity index is 658. The molecule has 21 heavy (non-hydrogen) atoms. The quantitative estimate of drug-likeness (QED) is 0.865. The summed E-state index contributed by atoms with van der Waals surface area (Å²) in [7, 11) is 0. The number of halogens is 3. The normalized spacial score (nSPS) is 22.1. The number of aromatic nitrogens is 4. The summed E-state index contributed by atoms with van der Waals surface area (Å²) in [5, 5.41) is 11.9. The monoisotopic (exact) mass is 297 g/mol. The number of anilines is 1. The van der Waals surface area contributed by atoms with Gasteiger partial charge in [-0.05, 0) is 36.6 Å². The van der Waals surface area contributed by atoms with Crippen LogP contribution in [0.1, 0.15) is 24.4 Å². The van der Waals surface area contributed by atoms with Crippen molar-refractivity contribution in [3.05, 3.63) is 23.8 Å². The Balaban J connectivity index is 1.74. The average molecular weight is 297 g/mol. The summed E-state index contributed by atoms with van der Waals surface area (Å²) >= 11 is 0. The van der Waals surface area contributed by atoms with E-state index in [1.54, 1.807) is 6.07 Å². The van der Waals surface area contributed by atoms with Gasteiger partial charge in [0.25, 0.3) is 0 Å². The van der Waals surface area contributed by atoms with Gasteiger partial charge in [0.1, 0.15) is 0 Å². The van der Waals surface area contributed by atoms with Gasteiger partial charge in [0.2, 0.25) is 5.82 Å². The maximum atomic E-state index is 12.5. The number of hydrogen-bond donors (Lipinski definition) is 1. The molecule has 0 spiro atoms. The topological polar surface area (TPSA) is 69.6 Å². The second-order valence-electron chi connectivity index (χ2n) is 5.37. The van der Waals surface area contributed by atoms with Crippen molar-refractivity contribution in [2.24, 2.45) is 5.92 Å². The molecule has 2 N–H and O–H groups in total. The molecule has 2 aromatic rings. The fourth-order valence-corrected chi connectivity index (χ4v) is 2.32. The van der Waals surface area contributed by atoms with E-state index in [2.05, 4.69) is 15.4 Å². The van der Waals surface area contributed by atoms with Gasteiger partial charge < -0.3 is 5.73 Å². The molecule has 1 aliphatic carbocycles. The fraction of sp³-hybridized carbons (Fsp3) is 0.462. The van der Waals surface area contributed by atoms with E-state index in [0.29, 0.717) is 17.1 Å². The molecule has 0 amide bonds. The molecule has 0 bridgehead atoms. The van der Waals surface area contributed by atoms with Crippen molar-refractivity contribution in [3.63, 3.8) is 0 Å². The first-order valence-electron chi connectivity index (χ1n) is 6.57. The Morgan fingerprint density at radius 2 is 2.00 bits per heavy atom. The zero-order chi connectivity index (χ0) is 15.2. The lowest BCUT2D eigenvalue weighted by atomic mass is 9.80. The van der Waals surface area contributed by atoms with E-state index >= 15 is 0 Å². The molecule has 3 rings (SSSR count). The van der Waals surface area contributed by atoms with E-state index in [9.17, 15) is 13.2 Å². The number of aryl methyl sites for hydroxylation is 1. The van der Waals surface area contributed by atoms with Crippen LogP contribution in [-0.4, -0.2) is 26.4 Å². The lowest BCUT2D eigenvalue weighted by Crippen LogP contribution is -2.37. The van der Waals surface area contributed by atoms with Crippen LogP contribution >= 0.6 is 0 Å². The standard InChI is InChI=1S/C13H14F3N5/c1-7-2-3-8(4-11(7)17)12-18-20-21(19-12)10-5-9(6-10)13(14,15)16/h2-4,9-10H,5-6,17H2,1H3. The minimum absolute atomic E-state index is 0.00926. The van der Waals surface area contributed by atoms with Crippen molar-refractivity contribution in [2.75, 3.05) is 5.73 Å². The predicted molar refractivity (Wildman–Crippen MR) is 70.2 cm³/mol. The van der Waals surface area contributed by atoms with E-state index in [4.69, 9.17) is 5.73 Å². The van der Waals surface area contributed by atoms with Crippen LogP contribution in [0.5, 0.6) is 0 Å². The van der Waals surface area contributed by atoms with Crippen LogP contribution in [0.15, 0.2) is 18.2 Å². The first-order chi connectivity index (χ1) is 9.84. The van der Waals surface area contributed by atoms with E-state index in [0.717, 1.165) is 5.56 Å². The number of rotatable bonds is 2. The predicted octanol–water partition coefficient (Wildman–Crippen LogP) is 2.74. The summed E-state index contributed by atoms with van der Waals surface area (Å²) in [6, 6.07) is 5.05. The highest BCUT2D eigenvalue weighted by molar-refractivity contribution is 5.62. The van der Waals surface area contributed by atoms with Gasteiger partial charge in [-0.1, -0.05) is 12.1 Å². The highest BCUT2D eigenvalue weighted by Gasteiger charge is 2.49. The van der Waals surface area contributed by atoms with E-state index in [-0.39, 0.29) is 18.9 Å². The SMILES string of the molecule is Cc1ccc(-c2nnn(C3CC(C(F)(F)F)C3)n2)cc1N. The number of hydrogen-bond acceptors (Lipinski definition) is 4. The van der Waals surface area contributed by atoms with E-state index < -0.39 is 12.1 Å². The number of nitrogens with two attached hydrogens (primary N) is 1. The van der Waals surface area contributed by atoms with E-state index in [1.165, 1.54) is 4.80 Å². The summed E-state index contributed by atoms with van der Waals surface area (Å²) in [5.74, 6) is -0.885. The van der Waals surface area contributed by atoms with Gasteiger partial charge in [-0.15, -0.1) is 10.2 Å². The first kappa shape index (κ1) is 13.8. The molecule has 1 aromatic carbocycles. The number of tetrazole rings is 1. The van der Waals surface area contributed by atoms with Gasteiger partial charge >= 0.3 is 6.18 Å². The van der Waals surface area contributed by atoms with Crippen molar-refractivity contribution in [2.45, 2.75) is 32.0 Å². The molecular weight excluding hydrogens is 283 g/mol. The number of benzene rings is 1. The molecule has 8 heteroatoms. The van der Waals surface area contributed by atoms with Crippen molar-refractivity contribution in [1.29, 1.82) is 0 Å². The Hall–Kier alpha value is -2.12.